The molecule has 2 rings (SSSR count). The van der Waals surface area contributed by atoms with Gasteiger partial charge in [0.1, 0.15) is 0 Å². The van der Waals surface area contributed by atoms with Crippen LogP contribution in [0.4, 0.5) is 0 Å². The van der Waals surface area contributed by atoms with Gasteiger partial charge in [0.25, 0.3) is 5.91 Å². The van der Waals surface area contributed by atoms with Gasteiger partial charge in [-0.1, -0.05) is 28.1 Å². The van der Waals surface area contributed by atoms with Gasteiger partial charge in [0.15, 0.2) is 0 Å². The van der Waals surface area contributed by atoms with Crippen LogP contribution >= 0.6 is 15.9 Å². The van der Waals surface area contributed by atoms with Crippen LogP contribution in [-0.4, -0.2) is 30.2 Å². The Morgan fingerprint density at radius 2 is 1.87 bits per heavy atom. The van der Waals surface area contributed by atoms with Crippen molar-refractivity contribution in [2.24, 2.45) is 5.73 Å². The van der Waals surface area contributed by atoms with Crippen LogP contribution < -0.4 is 11.1 Å². The van der Waals surface area contributed by atoms with E-state index in [9.17, 15) is 4.79 Å². The third-order valence-electron chi connectivity index (χ3n) is 2.89. The Hall–Kier alpha value is -2.05. The molecule has 6 heteroatoms. The number of benzene rings is 1. The minimum atomic E-state index is -0.202. The van der Waals surface area contributed by atoms with Gasteiger partial charge >= 0.3 is 0 Å². The predicted molar refractivity (Wildman–Crippen MR) is 97.0 cm³/mol. The van der Waals surface area contributed by atoms with Gasteiger partial charge < -0.3 is 16.5 Å². The van der Waals surface area contributed by atoms with E-state index in [4.69, 9.17) is 5.41 Å². The lowest BCUT2D eigenvalue weighted by Gasteiger charge is -2.06. The molecule has 1 aromatic heterocycles. The molecule has 0 saturated carbocycles. The summed E-state index contributed by atoms with van der Waals surface area (Å²) in [6.07, 6.45) is 4.03. The molecule has 5 nitrogen and oxygen atoms in total. The quantitative estimate of drug-likeness (QED) is 0.700. The second kappa shape index (κ2) is 9.86. The first-order valence-electron chi connectivity index (χ1n) is 7.13. The zero-order chi connectivity index (χ0) is 17.2. The highest BCUT2D eigenvalue weighted by atomic mass is 79.9. The summed E-state index contributed by atoms with van der Waals surface area (Å²) in [5.41, 5.74) is 7.58. The molecule has 0 saturated heterocycles. The monoisotopic (exact) mass is 376 g/mol. The molecule has 122 valence electrons. The van der Waals surface area contributed by atoms with Crippen LogP contribution in [0.15, 0.2) is 47.2 Å². The molecule has 0 radical (unpaired) electrons. The Morgan fingerprint density at radius 3 is 2.48 bits per heavy atom. The second-order valence-electron chi connectivity index (χ2n) is 4.85. The number of amides is 1. The van der Waals surface area contributed by atoms with E-state index in [0.29, 0.717) is 11.3 Å². The maximum absolute atomic E-state index is 11.9. The Morgan fingerprint density at radius 1 is 1.22 bits per heavy atom. The Kier molecular flexibility index (Phi) is 8.15. The number of rotatable bonds is 5. The van der Waals surface area contributed by atoms with Crippen molar-refractivity contribution in [2.75, 3.05) is 13.6 Å². The number of nitrogens with one attached hydrogen (secondary N) is 2. The van der Waals surface area contributed by atoms with Crippen LogP contribution in [0.5, 0.6) is 0 Å². The molecule has 0 unspecified atom stereocenters. The standard InChI is InChI=1S/C16H16BrN3O.CH5N/c1-11(18)8-20-16(21)14-7-13(9-19-10-14)6-12-2-4-15(17)5-3-12;1-2/h2-5,7,9-10,18H,6,8H2,1H3,(H,20,21);2H2,1H3. The van der Waals surface area contributed by atoms with E-state index in [0.717, 1.165) is 22.0 Å². The second-order valence-corrected chi connectivity index (χ2v) is 5.76. The van der Waals surface area contributed by atoms with Crippen molar-refractivity contribution in [3.05, 3.63) is 63.9 Å². The molecule has 0 spiro atoms. The van der Waals surface area contributed by atoms with Crippen molar-refractivity contribution in [3.63, 3.8) is 0 Å². The largest absolute Gasteiger partial charge is 0.347 e. The van der Waals surface area contributed by atoms with Gasteiger partial charge in [0.2, 0.25) is 0 Å². The minimum absolute atomic E-state index is 0.202. The average Bonchev–Trinajstić information content (AvgIpc) is 2.57. The molecular weight excluding hydrogens is 356 g/mol. The van der Waals surface area contributed by atoms with Gasteiger partial charge in [-0.3, -0.25) is 9.78 Å². The molecule has 1 amide bonds. The highest BCUT2D eigenvalue weighted by Gasteiger charge is 2.07. The first kappa shape index (κ1) is 19.0. The third kappa shape index (κ3) is 6.71. The Labute approximate surface area is 145 Å². The van der Waals surface area contributed by atoms with Gasteiger partial charge in [0.05, 0.1) is 12.1 Å². The summed E-state index contributed by atoms with van der Waals surface area (Å²) in [6, 6.07) is 9.90. The van der Waals surface area contributed by atoms with Crippen LogP contribution in [-0.2, 0) is 6.42 Å². The number of nitrogens with two attached hydrogens (primary N) is 1. The topological polar surface area (TPSA) is 91.9 Å². The summed E-state index contributed by atoms with van der Waals surface area (Å²) >= 11 is 3.41. The molecule has 0 atom stereocenters. The van der Waals surface area contributed by atoms with E-state index in [-0.39, 0.29) is 12.5 Å². The lowest BCUT2D eigenvalue weighted by atomic mass is 10.1. The number of aromatic nitrogens is 1. The van der Waals surface area contributed by atoms with E-state index in [1.54, 1.807) is 19.3 Å². The van der Waals surface area contributed by atoms with E-state index in [1.807, 2.05) is 30.3 Å². The van der Waals surface area contributed by atoms with Crippen LogP contribution in [0.3, 0.4) is 0 Å². The fourth-order valence-corrected chi connectivity index (χ4v) is 2.13. The van der Waals surface area contributed by atoms with Gasteiger partial charge in [-0.05, 0) is 49.7 Å². The van der Waals surface area contributed by atoms with Crippen molar-refractivity contribution < 1.29 is 4.79 Å². The minimum Gasteiger partial charge on any atom is -0.347 e. The summed E-state index contributed by atoms with van der Waals surface area (Å²) in [6.45, 7) is 1.91. The maximum Gasteiger partial charge on any atom is 0.253 e. The lowest BCUT2D eigenvalue weighted by molar-refractivity contribution is 0.0958. The molecule has 23 heavy (non-hydrogen) atoms. The zero-order valence-electron chi connectivity index (χ0n) is 13.3. The van der Waals surface area contributed by atoms with Gasteiger partial charge in [-0.15, -0.1) is 0 Å². The molecule has 4 N–H and O–H groups in total. The van der Waals surface area contributed by atoms with Crippen molar-refractivity contribution >= 4 is 27.5 Å². The highest BCUT2D eigenvalue weighted by Crippen LogP contribution is 2.14. The molecule has 0 aliphatic heterocycles. The molecule has 0 aliphatic rings. The van der Waals surface area contributed by atoms with Gasteiger partial charge in [-0.25, -0.2) is 0 Å². The maximum atomic E-state index is 11.9. The predicted octanol–water partition coefficient (Wildman–Crippen LogP) is 2.78. The summed E-state index contributed by atoms with van der Waals surface area (Å²) in [5.74, 6) is -0.202. The van der Waals surface area contributed by atoms with Crippen LogP contribution in [0, 0.1) is 5.41 Å². The normalized spacial score (nSPS) is 9.57. The van der Waals surface area contributed by atoms with Crippen molar-refractivity contribution in [1.82, 2.24) is 10.3 Å². The van der Waals surface area contributed by atoms with E-state index in [2.05, 4.69) is 32.0 Å². The van der Waals surface area contributed by atoms with E-state index >= 15 is 0 Å². The van der Waals surface area contributed by atoms with E-state index < -0.39 is 0 Å². The van der Waals surface area contributed by atoms with Crippen molar-refractivity contribution in [2.45, 2.75) is 13.3 Å². The SMILES string of the molecule is CC(=N)CNC(=O)c1cncc(Cc2ccc(Br)cc2)c1.CN. The number of hydrogen-bond acceptors (Lipinski definition) is 4. The van der Waals surface area contributed by atoms with Crippen LogP contribution in [0.25, 0.3) is 0 Å². The molecule has 0 bridgehead atoms. The van der Waals surface area contributed by atoms with Crippen LogP contribution in [0.2, 0.25) is 0 Å². The number of nitrogens with zero attached hydrogens (tertiary/aromatic N) is 1. The smallest absolute Gasteiger partial charge is 0.253 e. The molecule has 2 aromatic rings. The number of hydrogen-bond donors (Lipinski definition) is 3. The van der Waals surface area contributed by atoms with Gasteiger partial charge in [-0.2, -0.15) is 0 Å². The Balaban J connectivity index is 0.00000127. The number of carbonyl (C=O) groups is 1. The van der Waals surface area contributed by atoms with Crippen molar-refractivity contribution in [3.8, 4) is 0 Å². The summed E-state index contributed by atoms with van der Waals surface area (Å²) in [4.78, 5) is 16.1. The lowest BCUT2D eigenvalue weighted by Crippen LogP contribution is -2.28. The number of halogens is 1. The summed E-state index contributed by atoms with van der Waals surface area (Å²) < 4.78 is 1.04. The van der Waals surface area contributed by atoms with Crippen molar-refractivity contribution in [1.29, 1.82) is 5.41 Å². The first-order valence-corrected chi connectivity index (χ1v) is 7.92. The zero-order valence-corrected chi connectivity index (χ0v) is 14.9. The molecule has 0 fully saturated rings. The number of carbonyl (C=O) groups excluding carboxylic acids is 1. The summed E-state index contributed by atoms with van der Waals surface area (Å²) in [5, 5.41) is 10.0. The fraction of sp³-hybridized carbons (Fsp3) is 0.235. The Bertz CT molecular complexity index is 656. The van der Waals surface area contributed by atoms with Gasteiger partial charge in [0, 0.05) is 22.6 Å². The molecular formula is C17H21BrN4O. The third-order valence-corrected chi connectivity index (χ3v) is 3.42. The molecule has 0 aliphatic carbocycles. The molecule has 1 aromatic carbocycles. The molecule has 1 heterocycles. The summed E-state index contributed by atoms with van der Waals surface area (Å²) in [7, 11) is 1.50. The highest BCUT2D eigenvalue weighted by molar-refractivity contribution is 9.10. The first-order chi connectivity index (χ1) is 11.0. The van der Waals surface area contributed by atoms with Crippen LogP contribution in [0.1, 0.15) is 28.4 Å². The fourth-order valence-electron chi connectivity index (χ4n) is 1.86. The average molecular weight is 377 g/mol. The van der Waals surface area contributed by atoms with E-state index in [1.165, 1.54) is 7.05 Å². The number of pyridine rings is 1.